The Morgan fingerprint density at radius 2 is 1.08 bits per heavy atom. The Labute approximate surface area is 157 Å². The van der Waals surface area contributed by atoms with Gasteiger partial charge in [-0.25, -0.2) is 0 Å². The largest absolute Gasteiger partial charge is 0.372 e. The van der Waals surface area contributed by atoms with Crippen molar-refractivity contribution in [2.45, 2.75) is 38.0 Å². The summed E-state index contributed by atoms with van der Waals surface area (Å²) in [6.07, 6.45) is 8.98. The average molecular weight is 345 g/mol. The highest BCUT2D eigenvalue weighted by Crippen LogP contribution is 2.41. The smallest absolute Gasteiger partial charge is 0.0366 e. The Morgan fingerprint density at radius 1 is 0.615 bits per heavy atom. The number of hydrogen-bond acceptors (Lipinski definition) is 2. The third-order valence-electron chi connectivity index (χ3n) is 6.34. The zero-order valence-electron chi connectivity index (χ0n) is 15.5. The second-order valence-electron chi connectivity index (χ2n) is 8.03. The molecule has 0 N–H and O–H groups in total. The summed E-state index contributed by atoms with van der Waals surface area (Å²) in [5.74, 6) is 0.593. The summed E-state index contributed by atoms with van der Waals surface area (Å²) in [7, 11) is 0. The van der Waals surface area contributed by atoms with Gasteiger partial charge in [0.15, 0.2) is 0 Å². The van der Waals surface area contributed by atoms with Gasteiger partial charge in [-0.3, -0.25) is 0 Å². The van der Waals surface area contributed by atoms with E-state index in [2.05, 4.69) is 64.4 Å². The molecule has 0 amide bonds. The second kappa shape index (κ2) is 6.83. The maximum Gasteiger partial charge on any atom is 0.0366 e. The van der Waals surface area contributed by atoms with Crippen LogP contribution >= 0.6 is 0 Å². The van der Waals surface area contributed by atoms with Crippen molar-refractivity contribution in [3.63, 3.8) is 0 Å². The number of allylic oxidation sites excluding steroid dienone is 2. The van der Waals surface area contributed by atoms with E-state index in [9.17, 15) is 0 Å². The topological polar surface area (TPSA) is 6.48 Å². The molecule has 134 valence electrons. The lowest BCUT2D eigenvalue weighted by molar-refractivity contribution is 0.814. The fourth-order valence-electron chi connectivity index (χ4n) is 4.64. The number of anilines is 2. The first-order valence-electron chi connectivity index (χ1n) is 10.3. The zero-order valence-corrected chi connectivity index (χ0v) is 15.5. The summed E-state index contributed by atoms with van der Waals surface area (Å²) < 4.78 is 0. The van der Waals surface area contributed by atoms with Crippen molar-refractivity contribution in [3.8, 4) is 0 Å². The van der Waals surface area contributed by atoms with Crippen LogP contribution in [-0.2, 0) is 0 Å². The standard InChI is InChI=1S/C24H28N2/c1-2-14-25(13-1)23-9-5-19(6-10-23)21-17-22(18-21)20-7-11-24(12-8-20)26-15-3-4-16-26/h5-12,17,21H,1-4,13-16,18H2. The lowest BCUT2D eigenvalue weighted by Crippen LogP contribution is -2.17. The number of rotatable bonds is 4. The average Bonchev–Trinajstić information content (AvgIpc) is 3.36. The molecule has 1 aliphatic carbocycles. The molecule has 1 unspecified atom stereocenters. The predicted molar refractivity (Wildman–Crippen MR) is 111 cm³/mol. The minimum Gasteiger partial charge on any atom is -0.372 e. The summed E-state index contributed by atoms with van der Waals surface area (Å²) in [5, 5.41) is 0. The van der Waals surface area contributed by atoms with E-state index in [1.165, 1.54) is 86.4 Å². The summed E-state index contributed by atoms with van der Waals surface area (Å²) in [5.41, 5.74) is 7.15. The van der Waals surface area contributed by atoms with E-state index in [0.29, 0.717) is 5.92 Å². The molecular formula is C24H28N2. The van der Waals surface area contributed by atoms with Crippen molar-refractivity contribution in [2.24, 2.45) is 0 Å². The second-order valence-corrected chi connectivity index (χ2v) is 8.03. The lowest BCUT2D eigenvalue weighted by Gasteiger charge is -2.27. The molecule has 2 fully saturated rings. The number of hydrogen-bond donors (Lipinski definition) is 0. The highest BCUT2D eigenvalue weighted by atomic mass is 15.1. The molecule has 5 rings (SSSR count). The molecule has 2 aromatic carbocycles. The van der Waals surface area contributed by atoms with Gasteiger partial charge in [0.2, 0.25) is 0 Å². The van der Waals surface area contributed by atoms with Crippen molar-refractivity contribution in [3.05, 3.63) is 65.7 Å². The van der Waals surface area contributed by atoms with E-state index in [-0.39, 0.29) is 0 Å². The maximum absolute atomic E-state index is 2.51. The van der Waals surface area contributed by atoms with Crippen molar-refractivity contribution >= 4 is 16.9 Å². The fraction of sp³-hybridized carbons (Fsp3) is 0.417. The molecule has 2 heterocycles. The summed E-state index contributed by atoms with van der Waals surface area (Å²) >= 11 is 0. The molecule has 0 spiro atoms. The van der Waals surface area contributed by atoms with Crippen molar-refractivity contribution in [2.75, 3.05) is 36.0 Å². The minimum absolute atomic E-state index is 0.593. The zero-order chi connectivity index (χ0) is 17.3. The van der Waals surface area contributed by atoms with E-state index in [1.807, 2.05) is 0 Å². The Bertz CT molecular complexity index is 776. The molecule has 0 radical (unpaired) electrons. The normalized spacial score (nSPS) is 22.5. The molecule has 26 heavy (non-hydrogen) atoms. The molecule has 0 aromatic heterocycles. The molecule has 2 heteroatoms. The Hall–Kier alpha value is -2.22. The molecule has 2 nitrogen and oxygen atoms in total. The quantitative estimate of drug-likeness (QED) is 0.727. The van der Waals surface area contributed by atoms with Gasteiger partial charge in [0.05, 0.1) is 0 Å². The van der Waals surface area contributed by atoms with Gasteiger partial charge >= 0.3 is 0 Å². The molecule has 2 aromatic rings. The number of nitrogens with zero attached hydrogens (tertiary/aromatic N) is 2. The van der Waals surface area contributed by atoms with Crippen LogP contribution in [0, 0.1) is 0 Å². The minimum atomic E-state index is 0.593. The predicted octanol–water partition coefficient (Wildman–Crippen LogP) is 5.46. The first-order valence-corrected chi connectivity index (χ1v) is 10.3. The van der Waals surface area contributed by atoms with E-state index in [4.69, 9.17) is 0 Å². The highest BCUT2D eigenvalue weighted by Gasteiger charge is 2.22. The van der Waals surface area contributed by atoms with Crippen LogP contribution in [0.4, 0.5) is 11.4 Å². The fourth-order valence-corrected chi connectivity index (χ4v) is 4.64. The van der Waals surface area contributed by atoms with Gasteiger partial charge in [0.25, 0.3) is 0 Å². The van der Waals surface area contributed by atoms with Gasteiger partial charge in [-0.15, -0.1) is 0 Å². The Morgan fingerprint density at radius 3 is 1.58 bits per heavy atom. The van der Waals surface area contributed by atoms with E-state index in [0.717, 1.165) is 0 Å². The SMILES string of the molecule is C1=C(c2ccc(N3CCCC3)cc2)CC1c1ccc(N2CCCC2)cc1. The van der Waals surface area contributed by atoms with Crippen LogP contribution in [0.25, 0.3) is 5.57 Å². The van der Waals surface area contributed by atoms with Crippen molar-refractivity contribution in [1.29, 1.82) is 0 Å². The van der Waals surface area contributed by atoms with Crippen molar-refractivity contribution < 1.29 is 0 Å². The molecule has 0 saturated carbocycles. The third-order valence-corrected chi connectivity index (χ3v) is 6.34. The van der Waals surface area contributed by atoms with Crippen LogP contribution in [0.3, 0.4) is 0 Å². The molecule has 3 aliphatic rings. The summed E-state index contributed by atoms with van der Waals surface area (Å²) in [4.78, 5) is 5.01. The lowest BCUT2D eigenvalue weighted by atomic mass is 9.78. The van der Waals surface area contributed by atoms with Crippen LogP contribution in [0.2, 0.25) is 0 Å². The van der Waals surface area contributed by atoms with Gasteiger partial charge in [-0.1, -0.05) is 30.3 Å². The van der Waals surface area contributed by atoms with Crippen LogP contribution < -0.4 is 9.80 Å². The molecule has 2 aliphatic heterocycles. The highest BCUT2D eigenvalue weighted by molar-refractivity contribution is 5.74. The molecule has 2 saturated heterocycles. The molecule has 1 atom stereocenters. The van der Waals surface area contributed by atoms with Crippen LogP contribution in [0.15, 0.2) is 54.6 Å². The van der Waals surface area contributed by atoms with E-state index < -0.39 is 0 Å². The van der Waals surface area contributed by atoms with E-state index >= 15 is 0 Å². The van der Waals surface area contributed by atoms with Crippen LogP contribution in [-0.4, -0.2) is 26.2 Å². The summed E-state index contributed by atoms with van der Waals surface area (Å²) in [6, 6.07) is 18.5. The maximum atomic E-state index is 2.51. The Balaban J connectivity index is 1.25. The van der Waals surface area contributed by atoms with Crippen molar-refractivity contribution in [1.82, 2.24) is 0 Å². The Kier molecular flexibility index (Phi) is 4.20. The molecule has 0 bridgehead atoms. The first-order chi connectivity index (χ1) is 12.9. The third kappa shape index (κ3) is 3.02. The monoisotopic (exact) mass is 344 g/mol. The first kappa shape index (κ1) is 16.0. The van der Waals surface area contributed by atoms with E-state index in [1.54, 1.807) is 0 Å². The van der Waals surface area contributed by atoms with Crippen LogP contribution in [0.5, 0.6) is 0 Å². The van der Waals surface area contributed by atoms with Gasteiger partial charge in [0, 0.05) is 43.5 Å². The van der Waals surface area contributed by atoms with Gasteiger partial charge < -0.3 is 9.80 Å². The van der Waals surface area contributed by atoms with Gasteiger partial charge in [-0.2, -0.15) is 0 Å². The van der Waals surface area contributed by atoms with Crippen LogP contribution in [0.1, 0.15) is 49.1 Å². The molecular weight excluding hydrogens is 316 g/mol. The summed E-state index contributed by atoms with van der Waals surface area (Å²) in [6.45, 7) is 4.88. The van der Waals surface area contributed by atoms with Gasteiger partial charge in [-0.05, 0) is 73.1 Å². The van der Waals surface area contributed by atoms with Gasteiger partial charge in [0.1, 0.15) is 0 Å². The number of benzene rings is 2.